The molecular formula is C24H25FN2O4S. The number of sulfonamides is 1. The third-order valence-electron chi connectivity index (χ3n) is 6.94. The molecule has 6 nitrogen and oxygen atoms in total. The van der Waals surface area contributed by atoms with E-state index in [0.29, 0.717) is 19.4 Å². The average Bonchev–Trinajstić information content (AvgIpc) is 3.60. The van der Waals surface area contributed by atoms with Gasteiger partial charge in [-0.15, -0.1) is 0 Å². The van der Waals surface area contributed by atoms with Crippen molar-refractivity contribution >= 4 is 21.8 Å². The maximum atomic E-state index is 13.4. The van der Waals surface area contributed by atoms with Crippen LogP contribution in [0.25, 0.3) is 0 Å². The highest BCUT2D eigenvalue weighted by Crippen LogP contribution is 2.41. The van der Waals surface area contributed by atoms with Crippen LogP contribution < -0.4 is 5.32 Å². The van der Waals surface area contributed by atoms with Crippen LogP contribution in [0.15, 0.2) is 47.4 Å². The molecule has 1 heterocycles. The Morgan fingerprint density at radius 3 is 2.41 bits per heavy atom. The second kappa shape index (κ2) is 7.69. The van der Waals surface area contributed by atoms with Crippen LogP contribution in [0.5, 0.6) is 0 Å². The molecule has 0 aromatic heterocycles. The summed E-state index contributed by atoms with van der Waals surface area (Å²) in [7, 11) is -3.91. The van der Waals surface area contributed by atoms with E-state index in [4.69, 9.17) is 0 Å². The van der Waals surface area contributed by atoms with Crippen LogP contribution in [0.2, 0.25) is 0 Å². The van der Waals surface area contributed by atoms with E-state index in [9.17, 15) is 22.4 Å². The van der Waals surface area contributed by atoms with E-state index in [0.717, 1.165) is 42.0 Å². The molecule has 0 unspecified atom stereocenters. The van der Waals surface area contributed by atoms with E-state index in [1.165, 1.54) is 30.3 Å². The number of benzene rings is 2. The number of rotatable bonds is 5. The molecule has 2 fully saturated rings. The van der Waals surface area contributed by atoms with Gasteiger partial charge in [0.25, 0.3) is 21.8 Å². The zero-order valence-corrected chi connectivity index (χ0v) is 18.5. The third kappa shape index (κ3) is 3.50. The standard InChI is InChI=1S/C24H25FN2O4S/c25-18-7-5-17(6-8-18)24(12-2-1-3-13-24)15-26-22(28)16-4-11-20-21(14-16)32(30,31)27(23(20)29)19-9-10-19/h4-8,11,14,19H,1-3,9-10,12-13,15H2,(H,26,28). The van der Waals surface area contributed by atoms with Gasteiger partial charge in [0.1, 0.15) is 10.7 Å². The third-order valence-corrected chi connectivity index (χ3v) is 8.82. The maximum Gasteiger partial charge on any atom is 0.269 e. The molecular weight excluding hydrogens is 431 g/mol. The predicted molar refractivity (Wildman–Crippen MR) is 116 cm³/mol. The lowest BCUT2D eigenvalue weighted by Gasteiger charge is -2.38. The van der Waals surface area contributed by atoms with Gasteiger partial charge in [0.15, 0.2) is 0 Å². The number of carbonyl (C=O) groups excluding carboxylic acids is 2. The van der Waals surface area contributed by atoms with Crippen LogP contribution in [0, 0.1) is 5.82 Å². The summed E-state index contributed by atoms with van der Waals surface area (Å²) >= 11 is 0. The number of nitrogens with one attached hydrogen (secondary N) is 1. The summed E-state index contributed by atoms with van der Waals surface area (Å²) in [5.74, 6) is -1.18. The molecule has 2 aliphatic carbocycles. The number of hydrogen-bond acceptors (Lipinski definition) is 4. The first-order valence-electron chi connectivity index (χ1n) is 11.1. The van der Waals surface area contributed by atoms with Crippen molar-refractivity contribution in [2.75, 3.05) is 6.54 Å². The largest absolute Gasteiger partial charge is 0.351 e. The zero-order valence-electron chi connectivity index (χ0n) is 17.6. The van der Waals surface area contributed by atoms with Crippen molar-refractivity contribution in [2.45, 2.75) is 61.3 Å². The molecule has 0 atom stereocenters. The predicted octanol–water partition coefficient (Wildman–Crippen LogP) is 3.76. The molecule has 3 aliphatic rings. The van der Waals surface area contributed by atoms with Crippen LogP contribution in [-0.4, -0.2) is 37.1 Å². The highest BCUT2D eigenvalue weighted by molar-refractivity contribution is 7.90. The van der Waals surface area contributed by atoms with Gasteiger partial charge in [-0.2, -0.15) is 0 Å². The number of carbonyl (C=O) groups is 2. The van der Waals surface area contributed by atoms with Crippen molar-refractivity contribution in [3.63, 3.8) is 0 Å². The van der Waals surface area contributed by atoms with Gasteiger partial charge in [0.05, 0.1) is 5.56 Å². The summed E-state index contributed by atoms with van der Waals surface area (Å²) in [4.78, 5) is 25.4. The lowest BCUT2D eigenvalue weighted by molar-refractivity contribution is 0.0863. The summed E-state index contributed by atoms with van der Waals surface area (Å²) < 4.78 is 40.1. The summed E-state index contributed by atoms with van der Waals surface area (Å²) in [5, 5.41) is 2.97. The summed E-state index contributed by atoms with van der Waals surface area (Å²) in [6, 6.07) is 10.4. The molecule has 1 aliphatic heterocycles. The van der Waals surface area contributed by atoms with Crippen LogP contribution in [0.1, 0.15) is 71.2 Å². The quantitative estimate of drug-likeness (QED) is 0.743. The SMILES string of the molecule is O=C(NCC1(c2ccc(F)cc2)CCCCC1)c1ccc2c(c1)S(=O)(=O)N(C1CC1)C2=O. The van der Waals surface area contributed by atoms with Gasteiger partial charge in [-0.3, -0.25) is 9.59 Å². The lowest BCUT2D eigenvalue weighted by atomic mass is 9.69. The molecule has 0 radical (unpaired) electrons. The smallest absolute Gasteiger partial charge is 0.269 e. The molecule has 32 heavy (non-hydrogen) atoms. The average molecular weight is 457 g/mol. The molecule has 2 amide bonds. The highest BCUT2D eigenvalue weighted by Gasteiger charge is 2.48. The monoisotopic (exact) mass is 456 g/mol. The molecule has 0 saturated heterocycles. The van der Waals surface area contributed by atoms with Gasteiger partial charge in [0.2, 0.25) is 0 Å². The van der Waals surface area contributed by atoms with Gasteiger partial charge in [-0.05, 0) is 61.6 Å². The van der Waals surface area contributed by atoms with E-state index >= 15 is 0 Å². The number of fused-ring (bicyclic) bond motifs is 1. The van der Waals surface area contributed by atoms with Crippen LogP contribution in [0.4, 0.5) is 4.39 Å². The lowest BCUT2D eigenvalue weighted by Crippen LogP contribution is -2.42. The number of halogens is 1. The normalized spacial score (nSPS) is 21.3. The second-order valence-electron chi connectivity index (χ2n) is 9.08. The Balaban J connectivity index is 1.38. The van der Waals surface area contributed by atoms with E-state index in [1.54, 1.807) is 12.1 Å². The Hall–Kier alpha value is -2.74. The fraction of sp³-hybridized carbons (Fsp3) is 0.417. The molecule has 1 N–H and O–H groups in total. The van der Waals surface area contributed by atoms with Gasteiger partial charge in [-0.25, -0.2) is 17.1 Å². The molecule has 8 heteroatoms. The number of hydrogen-bond donors (Lipinski definition) is 1. The fourth-order valence-electron chi connectivity index (χ4n) is 5.01. The van der Waals surface area contributed by atoms with Crippen molar-refractivity contribution < 1.29 is 22.4 Å². The van der Waals surface area contributed by atoms with E-state index in [-0.39, 0.29) is 39.2 Å². The van der Waals surface area contributed by atoms with Crippen molar-refractivity contribution in [3.05, 3.63) is 65.0 Å². The summed E-state index contributed by atoms with van der Waals surface area (Å²) in [6.45, 7) is 0.383. The zero-order chi connectivity index (χ0) is 22.5. The van der Waals surface area contributed by atoms with Crippen LogP contribution in [0.3, 0.4) is 0 Å². The Morgan fingerprint density at radius 2 is 1.75 bits per heavy atom. The minimum atomic E-state index is -3.91. The Kier molecular flexibility index (Phi) is 5.08. The Morgan fingerprint density at radius 1 is 1.06 bits per heavy atom. The fourth-order valence-corrected chi connectivity index (χ4v) is 6.85. The maximum absolute atomic E-state index is 13.4. The van der Waals surface area contributed by atoms with Crippen LogP contribution in [-0.2, 0) is 15.4 Å². The first-order valence-corrected chi connectivity index (χ1v) is 12.5. The molecule has 0 bridgehead atoms. The molecule has 2 aromatic carbocycles. The second-order valence-corrected chi connectivity index (χ2v) is 10.9. The van der Waals surface area contributed by atoms with Crippen molar-refractivity contribution in [1.82, 2.24) is 9.62 Å². The van der Waals surface area contributed by atoms with Gasteiger partial charge < -0.3 is 5.32 Å². The van der Waals surface area contributed by atoms with Crippen molar-refractivity contribution in [3.8, 4) is 0 Å². The first kappa shape index (κ1) is 21.1. The molecule has 0 spiro atoms. The Labute approximate surface area is 186 Å². The van der Waals surface area contributed by atoms with E-state index in [2.05, 4.69) is 5.32 Å². The number of amides is 2. The topological polar surface area (TPSA) is 83.6 Å². The van der Waals surface area contributed by atoms with Gasteiger partial charge in [-0.1, -0.05) is 31.4 Å². The first-order chi connectivity index (χ1) is 15.3. The van der Waals surface area contributed by atoms with E-state index in [1.807, 2.05) is 0 Å². The Bertz CT molecular complexity index is 1180. The molecule has 5 rings (SSSR count). The van der Waals surface area contributed by atoms with Gasteiger partial charge in [0, 0.05) is 23.6 Å². The van der Waals surface area contributed by atoms with Crippen LogP contribution >= 0.6 is 0 Å². The highest BCUT2D eigenvalue weighted by atomic mass is 32.2. The minimum Gasteiger partial charge on any atom is -0.351 e. The number of nitrogens with zero attached hydrogens (tertiary/aromatic N) is 1. The molecule has 2 saturated carbocycles. The van der Waals surface area contributed by atoms with E-state index < -0.39 is 15.9 Å². The van der Waals surface area contributed by atoms with Gasteiger partial charge >= 0.3 is 0 Å². The molecule has 168 valence electrons. The van der Waals surface area contributed by atoms with Crippen molar-refractivity contribution in [2.24, 2.45) is 0 Å². The summed E-state index contributed by atoms with van der Waals surface area (Å²) in [5.41, 5.74) is 1.07. The molecule has 2 aromatic rings. The summed E-state index contributed by atoms with van der Waals surface area (Å²) in [6.07, 6.45) is 6.33. The van der Waals surface area contributed by atoms with Crippen molar-refractivity contribution in [1.29, 1.82) is 0 Å². The minimum absolute atomic E-state index is 0.0898.